The third-order valence-corrected chi connectivity index (χ3v) is 5.83. The van der Waals surface area contributed by atoms with Gasteiger partial charge in [0.05, 0.1) is 4.91 Å². The molecule has 0 radical (unpaired) electrons. The van der Waals surface area contributed by atoms with Crippen molar-refractivity contribution in [1.29, 1.82) is 0 Å². The summed E-state index contributed by atoms with van der Waals surface area (Å²) in [5.41, 5.74) is 2.01. The molecular formula is C20H17ClN2O3S2. The summed E-state index contributed by atoms with van der Waals surface area (Å²) in [6.45, 7) is 3.51. The van der Waals surface area contributed by atoms with Crippen molar-refractivity contribution < 1.29 is 14.7 Å². The van der Waals surface area contributed by atoms with Crippen LogP contribution in [0.5, 0.6) is 5.75 Å². The molecule has 144 valence electrons. The van der Waals surface area contributed by atoms with Crippen LogP contribution >= 0.6 is 35.6 Å². The highest BCUT2D eigenvalue weighted by Crippen LogP contribution is 2.36. The van der Waals surface area contributed by atoms with Gasteiger partial charge >= 0.3 is 0 Å². The second-order valence-corrected chi connectivity index (χ2v) is 8.35. The van der Waals surface area contributed by atoms with Gasteiger partial charge in [-0.25, -0.2) is 0 Å². The molecule has 2 N–H and O–H groups in total. The number of para-hydroxylation sites is 1. The van der Waals surface area contributed by atoms with Crippen LogP contribution in [0.1, 0.15) is 18.1 Å². The number of thioether (sulfide) groups is 1. The summed E-state index contributed by atoms with van der Waals surface area (Å²) >= 11 is 12.4. The summed E-state index contributed by atoms with van der Waals surface area (Å²) in [6, 6.07) is 11.2. The first-order chi connectivity index (χ1) is 13.3. The SMILES string of the molecule is Cc1ccccc1NC(=O)C(C)N1C(=O)/C(=C/c2cc(Cl)ccc2O)SC1=S. The lowest BCUT2D eigenvalue weighted by molar-refractivity contribution is -0.129. The first-order valence-corrected chi connectivity index (χ1v) is 10.0. The fourth-order valence-electron chi connectivity index (χ4n) is 2.66. The molecule has 1 aliphatic heterocycles. The molecule has 28 heavy (non-hydrogen) atoms. The number of carbonyl (C=O) groups excluding carboxylic acids is 2. The van der Waals surface area contributed by atoms with Crippen molar-refractivity contribution in [1.82, 2.24) is 4.90 Å². The molecule has 0 aliphatic carbocycles. The Morgan fingerprint density at radius 3 is 2.75 bits per heavy atom. The number of carbonyl (C=O) groups is 2. The molecule has 0 saturated carbocycles. The molecule has 1 fully saturated rings. The predicted molar refractivity (Wildman–Crippen MR) is 117 cm³/mol. The van der Waals surface area contributed by atoms with E-state index in [1.165, 1.54) is 17.0 Å². The topological polar surface area (TPSA) is 69.6 Å². The lowest BCUT2D eigenvalue weighted by atomic mass is 10.1. The molecule has 1 unspecified atom stereocenters. The van der Waals surface area contributed by atoms with Gasteiger partial charge in [0.25, 0.3) is 5.91 Å². The van der Waals surface area contributed by atoms with Gasteiger partial charge in [-0.2, -0.15) is 0 Å². The highest BCUT2D eigenvalue weighted by molar-refractivity contribution is 8.26. The maximum absolute atomic E-state index is 12.8. The number of nitrogens with zero attached hydrogens (tertiary/aromatic N) is 1. The molecular weight excluding hydrogens is 416 g/mol. The average molecular weight is 433 g/mol. The van der Waals surface area contributed by atoms with E-state index in [-0.39, 0.29) is 21.9 Å². The lowest BCUT2D eigenvalue weighted by Crippen LogP contribution is -2.44. The maximum Gasteiger partial charge on any atom is 0.266 e. The van der Waals surface area contributed by atoms with Gasteiger partial charge in [-0.15, -0.1) is 0 Å². The number of amides is 2. The van der Waals surface area contributed by atoms with Crippen LogP contribution in [-0.4, -0.2) is 32.2 Å². The highest BCUT2D eigenvalue weighted by Gasteiger charge is 2.38. The first kappa shape index (κ1) is 20.4. The largest absolute Gasteiger partial charge is 0.507 e. The van der Waals surface area contributed by atoms with E-state index < -0.39 is 6.04 Å². The van der Waals surface area contributed by atoms with Gasteiger partial charge < -0.3 is 10.4 Å². The number of rotatable bonds is 4. The van der Waals surface area contributed by atoms with Gasteiger partial charge in [0, 0.05) is 16.3 Å². The number of halogens is 1. The van der Waals surface area contributed by atoms with E-state index >= 15 is 0 Å². The minimum absolute atomic E-state index is 0.0000118. The number of hydrogen-bond acceptors (Lipinski definition) is 5. The van der Waals surface area contributed by atoms with E-state index in [1.54, 1.807) is 25.1 Å². The van der Waals surface area contributed by atoms with Gasteiger partial charge in [0.1, 0.15) is 16.1 Å². The summed E-state index contributed by atoms with van der Waals surface area (Å²) in [7, 11) is 0. The Bertz CT molecular complexity index is 1010. The molecule has 1 saturated heterocycles. The number of anilines is 1. The van der Waals surface area contributed by atoms with E-state index in [0.717, 1.165) is 17.3 Å². The highest BCUT2D eigenvalue weighted by atomic mass is 35.5. The fraction of sp³-hybridized carbons (Fsp3) is 0.150. The second kappa shape index (κ2) is 8.34. The molecule has 3 rings (SSSR count). The van der Waals surface area contributed by atoms with E-state index in [0.29, 0.717) is 21.2 Å². The standard InChI is InChI=1S/C20H17ClN2O3S2/c1-11-5-3-4-6-15(11)22-18(25)12(2)23-19(26)17(28-20(23)27)10-13-9-14(21)7-8-16(13)24/h3-10,12,24H,1-2H3,(H,22,25)/b17-10-. The minimum Gasteiger partial charge on any atom is -0.507 e. The van der Waals surface area contributed by atoms with Crippen LogP contribution in [0, 0.1) is 6.92 Å². The van der Waals surface area contributed by atoms with Crippen molar-refractivity contribution in [2.45, 2.75) is 19.9 Å². The zero-order valence-corrected chi connectivity index (χ0v) is 17.5. The zero-order valence-electron chi connectivity index (χ0n) is 15.1. The van der Waals surface area contributed by atoms with Crippen LogP contribution in [0.15, 0.2) is 47.4 Å². The van der Waals surface area contributed by atoms with Crippen molar-refractivity contribution in [3.05, 3.63) is 63.5 Å². The molecule has 0 aromatic heterocycles. The Morgan fingerprint density at radius 1 is 1.32 bits per heavy atom. The van der Waals surface area contributed by atoms with Crippen LogP contribution in [-0.2, 0) is 9.59 Å². The van der Waals surface area contributed by atoms with Crippen molar-refractivity contribution in [3.8, 4) is 5.75 Å². The number of aryl methyl sites for hydroxylation is 1. The number of phenols is 1. The molecule has 5 nitrogen and oxygen atoms in total. The van der Waals surface area contributed by atoms with E-state index in [2.05, 4.69) is 5.32 Å². The number of thiocarbonyl (C=S) groups is 1. The Morgan fingerprint density at radius 2 is 2.04 bits per heavy atom. The van der Waals surface area contributed by atoms with Gasteiger partial charge in [0.2, 0.25) is 5.91 Å². The molecule has 2 amide bonds. The predicted octanol–water partition coefficient (Wildman–Crippen LogP) is 4.58. The Kier molecular flexibility index (Phi) is 6.07. The monoisotopic (exact) mass is 432 g/mol. The summed E-state index contributed by atoms with van der Waals surface area (Å²) < 4.78 is 0.283. The molecule has 1 heterocycles. The van der Waals surface area contributed by atoms with Crippen LogP contribution in [0.4, 0.5) is 5.69 Å². The normalized spacial score (nSPS) is 16.5. The van der Waals surface area contributed by atoms with E-state index in [9.17, 15) is 14.7 Å². The van der Waals surface area contributed by atoms with Gasteiger partial charge in [-0.1, -0.05) is 53.8 Å². The summed E-state index contributed by atoms with van der Waals surface area (Å²) in [4.78, 5) is 27.1. The minimum atomic E-state index is -0.786. The number of hydrogen-bond donors (Lipinski definition) is 2. The van der Waals surface area contributed by atoms with Crippen LogP contribution in [0.3, 0.4) is 0 Å². The second-order valence-electron chi connectivity index (χ2n) is 6.23. The van der Waals surface area contributed by atoms with Crippen molar-refractivity contribution in [2.75, 3.05) is 5.32 Å². The number of phenolic OH excluding ortho intramolecular Hbond substituents is 1. The zero-order chi connectivity index (χ0) is 20.4. The van der Waals surface area contributed by atoms with Gasteiger partial charge in [0.15, 0.2) is 0 Å². The molecule has 1 atom stereocenters. The maximum atomic E-state index is 12.8. The Labute approximate surface area is 177 Å². The Hall–Kier alpha value is -2.35. The lowest BCUT2D eigenvalue weighted by Gasteiger charge is -2.22. The summed E-state index contributed by atoms with van der Waals surface area (Å²) in [6.07, 6.45) is 1.52. The third-order valence-electron chi connectivity index (χ3n) is 4.27. The third kappa shape index (κ3) is 4.22. The van der Waals surface area contributed by atoms with Gasteiger partial charge in [-0.05, 0) is 49.8 Å². The smallest absolute Gasteiger partial charge is 0.266 e. The quantitative estimate of drug-likeness (QED) is 0.546. The van der Waals surface area contributed by atoms with E-state index in [4.69, 9.17) is 23.8 Å². The van der Waals surface area contributed by atoms with E-state index in [1.807, 2.05) is 25.1 Å². The van der Waals surface area contributed by atoms with Crippen molar-refractivity contribution >= 4 is 63.5 Å². The van der Waals surface area contributed by atoms with Crippen molar-refractivity contribution in [3.63, 3.8) is 0 Å². The molecule has 2 aromatic rings. The number of nitrogens with one attached hydrogen (secondary N) is 1. The fourth-order valence-corrected chi connectivity index (χ4v) is 4.25. The average Bonchev–Trinajstić information content (AvgIpc) is 2.93. The van der Waals surface area contributed by atoms with Crippen LogP contribution in [0.25, 0.3) is 6.08 Å². The number of aromatic hydroxyl groups is 1. The summed E-state index contributed by atoms with van der Waals surface area (Å²) in [5, 5.41) is 13.2. The Balaban J connectivity index is 1.81. The first-order valence-electron chi connectivity index (χ1n) is 8.40. The molecule has 0 bridgehead atoms. The summed E-state index contributed by atoms with van der Waals surface area (Å²) in [5.74, 6) is -0.723. The molecule has 0 spiro atoms. The molecule has 2 aromatic carbocycles. The molecule has 8 heteroatoms. The van der Waals surface area contributed by atoms with Crippen molar-refractivity contribution in [2.24, 2.45) is 0 Å². The molecule has 1 aliphatic rings. The van der Waals surface area contributed by atoms with Crippen LogP contribution < -0.4 is 5.32 Å². The van der Waals surface area contributed by atoms with Crippen LogP contribution in [0.2, 0.25) is 5.02 Å². The number of benzene rings is 2. The van der Waals surface area contributed by atoms with Gasteiger partial charge in [-0.3, -0.25) is 14.5 Å².